The summed E-state index contributed by atoms with van der Waals surface area (Å²) in [5, 5.41) is 19.0. The molecule has 0 saturated carbocycles. The number of carboxylic acids is 1. The van der Waals surface area contributed by atoms with E-state index < -0.39 is 16.7 Å². The molecule has 6 heteroatoms. The van der Waals surface area contributed by atoms with Crippen LogP contribution in [0.3, 0.4) is 0 Å². The van der Waals surface area contributed by atoms with Crippen LogP contribution in [0, 0.1) is 22.9 Å². The molecular weight excluding hydrogens is 217 g/mol. The topological polar surface area (TPSA) is 80.4 Å². The van der Waals surface area contributed by atoms with Gasteiger partial charge in [-0.25, -0.2) is 9.18 Å². The molecule has 0 aliphatic heterocycles. The maximum atomic E-state index is 13.1. The Morgan fingerprint density at radius 2 is 2.19 bits per heavy atom. The Bertz CT molecular complexity index is 482. The van der Waals surface area contributed by atoms with Crippen molar-refractivity contribution in [3.05, 3.63) is 45.3 Å². The molecule has 1 rings (SSSR count). The Balaban J connectivity index is 3.37. The van der Waals surface area contributed by atoms with E-state index in [9.17, 15) is 19.3 Å². The molecule has 1 aromatic carbocycles. The van der Waals surface area contributed by atoms with Crippen LogP contribution in [-0.4, -0.2) is 16.0 Å². The van der Waals surface area contributed by atoms with E-state index in [2.05, 4.69) is 0 Å². The number of halogens is 1. The van der Waals surface area contributed by atoms with Gasteiger partial charge in [-0.15, -0.1) is 0 Å². The van der Waals surface area contributed by atoms with Crippen LogP contribution in [-0.2, 0) is 4.79 Å². The summed E-state index contributed by atoms with van der Waals surface area (Å²) >= 11 is 0. The lowest BCUT2D eigenvalue weighted by molar-refractivity contribution is -0.385. The summed E-state index contributed by atoms with van der Waals surface area (Å²) in [5.74, 6) is -1.87. The summed E-state index contributed by atoms with van der Waals surface area (Å²) in [6, 6.07) is 1.98. The van der Waals surface area contributed by atoms with E-state index >= 15 is 0 Å². The smallest absolute Gasteiger partial charge is 0.328 e. The fraction of sp³-hybridized carbons (Fsp3) is 0.100. The second kappa shape index (κ2) is 4.52. The third-order valence-electron chi connectivity index (χ3n) is 2.02. The first kappa shape index (κ1) is 11.8. The van der Waals surface area contributed by atoms with Gasteiger partial charge >= 0.3 is 5.97 Å². The first-order valence-electron chi connectivity index (χ1n) is 4.28. The van der Waals surface area contributed by atoms with Crippen molar-refractivity contribution in [1.82, 2.24) is 0 Å². The van der Waals surface area contributed by atoms with Crippen LogP contribution in [0.1, 0.15) is 11.1 Å². The van der Waals surface area contributed by atoms with Crippen molar-refractivity contribution >= 4 is 17.7 Å². The van der Waals surface area contributed by atoms with Gasteiger partial charge in [0, 0.05) is 12.1 Å². The van der Waals surface area contributed by atoms with E-state index in [1.165, 1.54) is 6.92 Å². The first-order chi connectivity index (χ1) is 7.43. The standard InChI is InChI=1S/C10H8FNO4/c1-6-7(2-5-10(13)14)9(12(15)16)4-3-8(6)11/h2-5H,1H3,(H,13,14)/b5-2+. The van der Waals surface area contributed by atoms with E-state index in [4.69, 9.17) is 5.11 Å². The number of rotatable bonds is 3. The highest BCUT2D eigenvalue weighted by Crippen LogP contribution is 2.25. The van der Waals surface area contributed by atoms with Crippen LogP contribution >= 0.6 is 0 Å². The maximum Gasteiger partial charge on any atom is 0.328 e. The minimum absolute atomic E-state index is 0.0348. The zero-order chi connectivity index (χ0) is 12.3. The van der Waals surface area contributed by atoms with Gasteiger partial charge in [-0.3, -0.25) is 10.1 Å². The van der Waals surface area contributed by atoms with Gasteiger partial charge in [-0.05, 0) is 24.6 Å². The van der Waals surface area contributed by atoms with E-state index in [1.807, 2.05) is 0 Å². The van der Waals surface area contributed by atoms with Gasteiger partial charge in [0.2, 0.25) is 0 Å². The average molecular weight is 225 g/mol. The Morgan fingerprint density at radius 3 is 2.69 bits per heavy atom. The van der Waals surface area contributed by atoms with Crippen molar-refractivity contribution in [2.24, 2.45) is 0 Å². The second-order valence-electron chi connectivity index (χ2n) is 3.03. The number of nitro groups is 1. The molecule has 0 atom stereocenters. The minimum Gasteiger partial charge on any atom is -0.478 e. The van der Waals surface area contributed by atoms with Crippen LogP contribution in [0.15, 0.2) is 18.2 Å². The van der Waals surface area contributed by atoms with Crippen molar-refractivity contribution < 1.29 is 19.2 Å². The number of hydrogen-bond donors (Lipinski definition) is 1. The van der Waals surface area contributed by atoms with Gasteiger partial charge in [-0.1, -0.05) is 0 Å². The molecule has 0 spiro atoms. The van der Waals surface area contributed by atoms with Gasteiger partial charge in [0.25, 0.3) is 5.69 Å². The molecule has 0 unspecified atom stereocenters. The van der Waals surface area contributed by atoms with Gasteiger partial charge in [0.05, 0.1) is 10.5 Å². The van der Waals surface area contributed by atoms with Gasteiger partial charge < -0.3 is 5.11 Å². The lowest BCUT2D eigenvalue weighted by Gasteiger charge is -2.02. The molecule has 5 nitrogen and oxygen atoms in total. The summed E-state index contributed by atoms with van der Waals surface area (Å²) in [7, 11) is 0. The Labute approximate surface area is 90.0 Å². The van der Waals surface area contributed by atoms with Crippen LogP contribution < -0.4 is 0 Å². The molecule has 1 aromatic rings. The summed E-state index contributed by atoms with van der Waals surface area (Å²) in [6.07, 6.45) is 1.74. The molecule has 0 aliphatic rings. The van der Waals surface area contributed by atoms with E-state index in [0.717, 1.165) is 24.3 Å². The molecule has 0 bridgehead atoms. The summed E-state index contributed by atoms with van der Waals surface area (Å²) in [6.45, 7) is 1.35. The molecule has 1 N–H and O–H groups in total. The SMILES string of the molecule is Cc1c(F)ccc([N+](=O)[O-])c1/C=C/C(=O)O. The number of nitro benzene ring substituents is 1. The van der Waals surface area contributed by atoms with Gasteiger partial charge in [0.1, 0.15) is 5.82 Å². The van der Waals surface area contributed by atoms with Crippen LogP contribution in [0.4, 0.5) is 10.1 Å². The molecule has 0 aromatic heterocycles. The number of benzene rings is 1. The lowest BCUT2D eigenvalue weighted by atomic mass is 10.1. The Morgan fingerprint density at radius 1 is 1.56 bits per heavy atom. The minimum atomic E-state index is -1.25. The zero-order valence-corrected chi connectivity index (χ0v) is 8.31. The van der Waals surface area contributed by atoms with Crippen LogP contribution in [0.5, 0.6) is 0 Å². The van der Waals surface area contributed by atoms with E-state index in [-0.39, 0.29) is 16.8 Å². The first-order valence-corrected chi connectivity index (χ1v) is 4.28. The van der Waals surface area contributed by atoms with E-state index in [1.54, 1.807) is 0 Å². The molecule has 16 heavy (non-hydrogen) atoms. The summed E-state index contributed by atoms with van der Waals surface area (Å²) in [5.41, 5.74) is -0.310. The molecular formula is C10H8FNO4. The predicted octanol–water partition coefficient (Wildman–Crippen LogP) is 2.14. The van der Waals surface area contributed by atoms with Crippen LogP contribution in [0.25, 0.3) is 6.08 Å². The number of carboxylic acid groups (broad SMARTS) is 1. The van der Waals surface area contributed by atoms with Crippen LogP contribution in [0.2, 0.25) is 0 Å². The molecule has 84 valence electrons. The number of aliphatic carboxylic acids is 1. The fourth-order valence-electron chi connectivity index (χ4n) is 1.21. The summed E-state index contributed by atoms with van der Waals surface area (Å²) in [4.78, 5) is 20.2. The van der Waals surface area contributed by atoms with E-state index in [0.29, 0.717) is 0 Å². The summed E-state index contributed by atoms with van der Waals surface area (Å²) < 4.78 is 13.1. The van der Waals surface area contributed by atoms with Gasteiger partial charge in [-0.2, -0.15) is 0 Å². The Hall–Kier alpha value is -2.24. The van der Waals surface area contributed by atoms with Crippen molar-refractivity contribution in [2.45, 2.75) is 6.92 Å². The number of nitrogens with zero attached hydrogens (tertiary/aromatic N) is 1. The number of carbonyl (C=O) groups is 1. The highest BCUT2D eigenvalue weighted by Gasteiger charge is 2.16. The Kier molecular flexibility index (Phi) is 3.34. The van der Waals surface area contributed by atoms with Gasteiger partial charge in [0.15, 0.2) is 0 Å². The fourth-order valence-corrected chi connectivity index (χ4v) is 1.21. The average Bonchev–Trinajstić information content (AvgIpc) is 2.19. The second-order valence-corrected chi connectivity index (χ2v) is 3.03. The normalized spacial score (nSPS) is 10.6. The number of hydrogen-bond acceptors (Lipinski definition) is 3. The largest absolute Gasteiger partial charge is 0.478 e. The molecule has 0 fully saturated rings. The van der Waals surface area contributed by atoms with Crippen molar-refractivity contribution in [1.29, 1.82) is 0 Å². The molecule has 0 aliphatic carbocycles. The zero-order valence-electron chi connectivity index (χ0n) is 8.31. The van der Waals surface area contributed by atoms with Crippen molar-refractivity contribution in [3.8, 4) is 0 Å². The highest BCUT2D eigenvalue weighted by molar-refractivity contribution is 5.86. The third-order valence-corrected chi connectivity index (χ3v) is 2.02. The monoisotopic (exact) mass is 225 g/mol. The molecule has 0 heterocycles. The van der Waals surface area contributed by atoms with Crippen molar-refractivity contribution in [3.63, 3.8) is 0 Å². The maximum absolute atomic E-state index is 13.1. The predicted molar refractivity (Wildman–Crippen MR) is 54.5 cm³/mol. The van der Waals surface area contributed by atoms with Crippen molar-refractivity contribution in [2.75, 3.05) is 0 Å². The quantitative estimate of drug-likeness (QED) is 0.485. The molecule has 0 radical (unpaired) electrons. The lowest BCUT2D eigenvalue weighted by Crippen LogP contribution is -1.97. The molecule has 0 saturated heterocycles. The molecule has 0 amide bonds. The third kappa shape index (κ3) is 2.41. The highest BCUT2D eigenvalue weighted by atomic mass is 19.1.